The van der Waals surface area contributed by atoms with Crippen LogP contribution in [-0.4, -0.2) is 28.5 Å². The van der Waals surface area contributed by atoms with E-state index >= 15 is 0 Å². The van der Waals surface area contributed by atoms with E-state index in [1.54, 1.807) is 0 Å². The maximum absolute atomic E-state index is 8.78. The quantitative estimate of drug-likeness (QED) is 0.706. The highest BCUT2D eigenvalue weighted by molar-refractivity contribution is 4.92. The van der Waals surface area contributed by atoms with Crippen LogP contribution >= 0.6 is 0 Å². The van der Waals surface area contributed by atoms with Crippen LogP contribution in [0.5, 0.6) is 0 Å². The summed E-state index contributed by atoms with van der Waals surface area (Å²) in [5, 5.41) is 16.4. The first-order valence-electron chi connectivity index (χ1n) is 4.62. The number of nitrogens with two attached hydrogens (primary N) is 1. The Morgan fingerprint density at radius 2 is 2.43 bits per heavy atom. The van der Waals surface area contributed by atoms with Gasteiger partial charge in [0, 0.05) is 6.61 Å². The van der Waals surface area contributed by atoms with Crippen molar-refractivity contribution in [3.8, 4) is 0 Å². The van der Waals surface area contributed by atoms with Gasteiger partial charge < -0.3 is 20.0 Å². The van der Waals surface area contributed by atoms with Gasteiger partial charge in [0.15, 0.2) is 0 Å². The zero-order valence-electron chi connectivity index (χ0n) is 7.72. The van der Waals surface area contributed by atoms with Crippen LogP contribution in [0.3, 0.4) is 0 Å². The molecule has 0 bridgehead atoms. The summed E-state index contributed by atoms with van der Waals surface area (Å²) in [5.41, 5.74) is 5.52. The van der Waals surface area contributed by atoms with Gasteiger partial charge in [0.05, 0.1) is 6.61 Å². The first-order chi connectivity index (χ1) is 6.81. The number of aromatic nitrogens is 2. The fraction of sp³-hybridized carbons (Fsp3) is 0.750. The highest BCUT2D eigenvalue weighted by Crippen LogP contribution is 2.27. The summed E-state index contributed by atoms with van der Waals surface area (Å²) in [5.74, 6) is 0.722. The van der Waals surface area contributed by atoms with E-state index in [1.165, 1.54) is 0 Å². The Hall–Kier alpha value is -0.980. The fourth-order valence-electron chi connectivity index (χ4n) is 1.38. The molecule has 78 valence electrons. The van der Waals surface area contributed by atoms with Gasteiger partial charge in [0.2, 0.25) is 11.8 Å². The Labute approximate surface area is 81.1 Å². The van der Waals surface area contributed by atoms with E-state index in [9.17, 15) is 0 Å². The summed E-state index contributed by atoms with van der Waals surface area (Å²) < 4.78 is 10.7. The number of hydrogen-bond donors (Lipinski definition) is 2. The average molecular weight is 199 g/mol. The Kier molecular flexibility index (Phi) is 2.76. The number of aliphatic hydroxyl groups is 1. The molecule has 2 heterocycles. The molecule has 1 aliphatic rings. The highest BCUT2D eigenvalue weighted by Gasteiger charge is 2.24. The molecule has 0 aromatic carbocycles. The predicted molar refractivity (Wildman–Crippen MR) is 46.2 cm³/mol. The summed E-state index contributed by atoms with van der Waals surface area (Å²) in [6.45, 7) is 0.529. The van der Waals surface area contributed by atoms with Crippen LogP contribution in [0.2, 0.25) is 0 Å². The molecule has 0 spiro atoms. The smallest absolute Gasteiger partial charge is 0.245 e. The molecule has 1 saturated heterocycles. The van der Waals surface area contributed by atoms with Gasteiger partial charge in [-0.25, -0.2) is 0 Å². The van der Waals surface area contributed by atoms with Gasteiger partial charge in [0.25, 0.3) is 0 Å². The molecule has 0 aliphatic carbocycles. The van der Waals surface area contributed by atoms with Crippen molar-refractivity contribution in [3.05, 3.63) is 11.8 Å². The summed E-state index contributed by atoms with van der Waals surface area (Å²) >= 11 is 0. The Morgan fingerprint density at radius 3 is 3.07 bits per heavy atom. The third kappa shape index (κ3) is 1.77. The van der Waals surface area contributed by atoms with Crippen molar-refractivity contribution in [2.24, 2.45) is 5.73 Å². The molecule has 0 saturated carbocycles. The van der Waals surface area contributed by atoms with E-state index in [-0.39, 0.29) is 18.6 Å². The van der Waals surface area contributed by atoms with Crippen molar-refractivity contribution in [2.75, 3.05) is 13.2 Å². The van der Waals surface area contributed by atoms with Crippen molar-refractivity contribution < 1.29 is 14.3 Å². The monoisotopic (exact) mass is 199 g/mol. The molecule has 1 aliphatic heterocycles. The van der Waals surface area contributed by atoms with E-state index < -0.39 is 6.04 Å². The second-order valence-electron chi connectivity index (χ2n) is 3.27. The van der Waals surface area contributed by atoms with Crippen LogP contribution in [0.4, 0.5) is 0 Å². The molecule has 1 fully saturated rings. The van der Waals surface area contributed by atoms with E-state index in [4.69, 9.17) is 20.0 Å². The summed E-state index contributed by atoms with van der Waals surface area (Å²) in [6.07, 6.45) is 1.81. The van der Waals surface area contributed by atoms with Crippen molar-refractivity contribution in [3.63, 3.8) is 0 Å². The van der Waals surface area contributed by atoms with E-state index in [2.05, 4.69) is 10.2 Å². The van der Waals surface area contributed by atoms with Crippen LogP contribution in [0, 0.1) is 0 Å². The van der Waals surface area contributed by atoms with Gasteiger partial charge >= 0.3 is 0 Å². The standard InChI is InChI=1S/C8H13N3O3/c9-5(4-12)7-10-11-8(14-7)6-2-1-3-13-6/h5-6,12H,1-4,9H2/t5-,6?/m1/s1. The second kappa shape index (κ2) is 4.04. The van der Waals surface area contributed by atoms with E-state index in [0.717, 1.165) is 19.4 Å². The number of rotatable bonds is 3. The highest BCUT2D eigenvalue weighted by atomic mass is 16.5. The number of aliphatic hydroxyl groups excluding tert-OH is 1. The lowest BCUT2D eigenvalue weighted by Crippen LogP contribution is -2.14. The summed E-state index contributed by atoms with van der Waals surface area (Å²) in [7, 11) is 0. The minimum atomic E-state index is -0.599. The molecule has 6 heteroatoms. The maximum atomic E-state index is 8.78. The lowest BCUT2D eigenvalue weighted by molar-refractivity contribution is 0.0871. The zero-order chi connectivity index (χ0) is 9.97. The van der Waals surface area contributed by atoms with Gasteiger partial charge in [0.1, 0.15) is 12.1 Å². The van der Waals surface area contributed by atoms with Crippen LogP contribution in [-0.2, 0) is 4.74 Å². The molecule has 0 radical (unpaired) electrons. The minimum absolute atomic E-state index is 0.0952. The van der Waals surface area contributed by atoms with Crippen molar-refractivity contribution in [2.45, 2.75) is 25.0 Å². The van der Waals surface area contributed by atoms with Gasteiger partial charge in [-0.15, -0.1) is 10.2 Å². The largest absolute Gasteiger partial charge is 0.421 e. The summed E-state index contributed by atoms with van der Waals surface area (Å²) in [6, 6.07) is -0.599. The molecule has 1 unspecified atom stereocenters. The predicted octanol–water partition coefficient (Wildman–Crippen LogP) is -0.0868. The van der Waals surface area contributed by atoms with Crippen molar-refractivity contribution in [1.29, 1.82) is 0 Å². The maximum Gasteiger partial charge on any atom is 0.245 e. The molecular formula is C8H13N3O3. The van der Waals surface area contributed by atoms with Gasteiger partial charge in [-0.2, -0.15) is 0 Å². The lowest BCUT2D eigenvalue weighted by Gasteiger charge is -2.03. The van der Waals surface area contributed by atoms with Crippen LogP contribution in [0.15, 0.2) is 4.42 Å². The number of ether oxygens (including phenoxy) is 1. The lowest BCUT2D eigenvalue weighted by atomic mass is 10.2. The van der Waals surface area contributed by atoms with Gasteiger partial charge in [-0.05, 0) is 12.8 Å². The van der Waals surface area contributed by atoms with E-state index in [1.807, 2.05) is 0 Å². The minimum Gasteiger partial charge on any atom is -0.421 e. The molecule has 2 atom stereocenters. The van der Waals surface area contributed by atoms with Crippen LogP contribution in [0.1, 0.15) is 36.8 Å². The Bertz CT molecular complexity index is 296. The fourth-order valence-corrected chi connectivity index (χ4v) is 1.38. The van der Waals surface area contributed by atoms with Crippen molar-refractivity contribution in [1.82, 2.24) is 10.2 Å². The first kappa shape index (κ1) is 9.57. The SMILES string of the molecule is N[C@H](CO)c1nnc(C2CCCO2)o1. The normalized spacial score (nSPS) is 24.0. The van der Waals surface area contributed by atoms with Crippen LogP contribution in [0.25, 0.3) is 0 Å². The molecule has 1 aromatic heterocycles. The third-order valence-electron chi connectivity index (χ3n) is 2.18. The molecule has 1 aromatic rings. The Balaban J connectivity index is 2.08. The third-order valence-corrected chi connectivity index (χ3v) is 2.18. The average Bonchev–Trinajstić information content (AvgIpc) is 2.86. The summed E-state index contributed by atoms with van der Waals surface area (Å²) in [4.78, 5) is 0. The zero-order valence-corrected chi connectivity index (χ0v) is 7.72. The first-order valence-corrected chi connectivity index (χ1v) is 4.62. The Morgan fingerprint density at radius 1 is 1.57 bits per heavy atom. The molecule has 3 N–H and O–H groups in total. The molecular weight excluding hydrogens is 186 g/mol. The van der Waals surface area contributed by atoms with E-state index in [0.29, 0.717) is 5.89 Å². The number of nitrogens with zero attached hydrogens (tertiary/aromatic N) is 2. The van der Waals surface area contributed by atoms with Gasteiger partial charge in [-0.1, -0.05) is 0 Å². The molecule has 14 heavy (non-hydrogen) atoms. The van der Waals surface area contributed by atoms with Gasteiger partial charge in [-0.3, -0.25) is 0 Å². The topological polar surface area (TPSA) is 94.4 Å². The molecule has 0 amide bonds. The molecule has 6 nitrogen and oxygen atoms in total. The molecule has 2 rings (SSSR count). The van der Waals surface area contributed by atoms with Crippen LogP contribution < -0.4 is 5.73 Å². The van der Waals surface area contributed by atoms with Crippen molar-refractivity contribution >= 4 is 0 Å². The number of hydrogen-bond acceptors (Lipinski definition) is 6. The second-order valence-corrected chi connectivity index (χ2v) is 3.27.